The molecule has 8 aromatic carbocycles. The molecule has 0 aliphatic heterocycles. The van der Waals surface area contributed by atoms with E-state index < -0.39 is 0 Å². The lowest BCUT2D eigenvalue weighted by Crippen LogP contribution is -2.09. The maximum Gasteiger partial charge on any atom is 0.137 e. The molecule has 0 aliphatic rings. The SMILES string of the molecule is CC(C)c1ccc(N(c2ccccc2)c2ccc3c(c2)oc2cc4cc5oc6cc(N(c7ccccc7)c7ccc(C(C)C)cc7)ccc6c5cc4cc23)cc1. The van der Waals surface area contributed by atoms with Gasteiger partial charge in [0.1, 0.15) is 22.3 Å². The summed E-state index contributed by atoms with van der Waals surface area (Å²) in [5.41, 5.74) is 12.6. The summed E-state index contributed by atoms with van der Waals surface area (Å²) in [6.45, 7) is 8.91. The summed E-state index contributed by atoms with van der Waals surface area (Å²) in [6.07, 6.45) is 0. The van der Waals surface area contributed by atoms with Crippen molar-refractivity contribution in [3.05, 3.63) is 181 Å². The Morgan fingerprint density at radius 2 is 0.661 bits per heavy atom. The van der Waals surface area contributed by atoms with Gasteiger partial charge in [-0.15, -0.1) is 0 Å². The smallest absolute Gasteiger partial charge is 0.137 e. The maximum absolute atomic E-state index is 6.63. The highest BCUT2D eigenvalue weighted by atomic mass is 16.3. The van der Waals surface area contributed by atoms with Crippen LogP contribution in [0.4, 0.5) is 34.1 Å². The predicted molar refractivity (Wildman–Crippen MR) is 236 cm³/mol. The Morgan fingerprint density at radius 1 is 0.321 bits per heavy atom. The number of hydrogen-bond donors (Lipinski definition) is 0. The number of para-hydroxylation sites is 2. The standard InChI is InChI=1S/C52H42N2O2/c1-33(2)35-15-19-41(20-16-35)53(39-11-7-5-8-12-39)43-23-25-45-47-27-37-28-48-46-26-24-44(32-52(46)56-50(48)30-38(37)29-49(47)55-51(45)31-43)54(40-13-9-6-10-14-40)42-21-17-36(18-22-42)34(3)4/h5-34H,1-4H3. The lowest BCUT2D eigenvalue weighted by atomic mass is 10.0. The molecule has 4 heteroatoms. The summed E-state index contributed by atoms with van der Waals surface area (Å²) in [5, 5.41) is 6.62. The third-order valence-electron chi connectivity index (χ3n) is 11.2. The van der Waals surface area contributed by atoms with Crippen molar-refractivity contribution in [2.45, 2.75) is 39.5 Å². The number of furan rings is 2. The normalized spacial score (nSPS) is 11.9. The Balaban J connectivity index is 1.05. The van der Waals surface area contributed by atoms with Gasteiger partial charge in [0.05, 0.1) is 0 Å². The highest BCUT2D eigenvalue weighted by Gasteiger charge is 2.19. The molecule has 56 heavy (non-hydrogen) atoms. The van der Waals surface area contributed by atoms with Crippen molar-refractivity contribution >= 4 is 88.8 Å². The van der Waals surface area contributed by atoms with Crippen LogP contribution in [-0.2, 0) is 0 Å². The predicted octanol–water partition coefficient (Wildman–Crippen LogP) is 15.8. The molecule has 0 atom stereocenters. The minimum absolute atomic E-state index is 0.473. The van der Waals surface area contributed by atoms with Gasteiger partial charge in [-0.3, -0.25) is 0 Å². The molecule has 0 fully saturated rings. The molecule has 0 saturated heterocycles. The maximum atomic E-state index is 6.63. The molecule has 2 heterocycles. The molecular weight excluding hydrogens is 685 g/mol. The minimum atomic E-state index is 0.473. The first-order valence-corrected chi connectivity index (χ1v) is 19.5. The first kappa shape index (κ1) is 33.8. The molecule has 0 spiro atoms. The topological polar surface area (TPSA) is 32.8 Å². The number of rotatable bonds is 8. The Labute approximate surface area is 326 Å². The lowest BCUT2D eigenvalue weighted by Gasteiger charge is -2.25. The summed E-state index contributed by atoms with van der Waals surface area (Å²) >= 11 is 0. The molecule has 2 aromatic heterocycles. The van der Waals surface area contributed by atoms with E-state index in [0.29, 0.717) is 11.8 Å². The number of hydrogen-bond acceptors (Lipinski definition) is 4. The molecule has 10 aromatic rings. The number of anilines is 6. The summed E-state index contributed by atoms with van der Waals surface area (Å²) in [5.74, 6) is 0.947. The molecule has 0 amide bonds. The van der Waals surface area contributed by atoms with Gasteiger partial charge >= 0.3 is 0 Å². The van der Waals surface area contributed by atoms with E-state index in [9.17, 15) is 0 Å². The van der Waals surface area contributed by atoms with Crippen LogP contribution in [-0.4, -0.2) is 0 Å². The lowest BCUT2D eigenvalue weighted by molar-refractivity contribution is 0.668. The van der Waals surface area contributed by atoms with E-state index in [2.05, 4.69) is 207 Å². The number of benzene rings is 8. The molecule has 272 valence electrons. The summed E-state index contributed by atoms with van der Waals surface area (Å²) < 4.78 is 13.3. The zero-order valence-electron chi connectivity index (χ0n) is 32.0. The van der Waals surface area contributed by atoms with Crippen molar-refractivity contribution in [2.75, 3.05) is 9.80 Å². The number of fused-ring (bicyclic) bond motifs is 7. The molecule has 0 saturated carbocycles. The Kier molecular flexibility index (Phi) is 8.14. The van der Waals surface area contributed by atoms with Crippen molar-refractivity contribution in [3.63, 3.8) is 0 Å². The highest BCUT2D eigenvalue weighted by molar-refractivity contribution is 6.15. The van der Waals surface area contributed by atoms with E-state index in [1.165, 1.54) is 11.1 Å². The zero-order chi connectivity index (χ0) is 37.9. The van der Waals surface area contributed by atoms with Crippen LogP contribution >= 0.6 is 0 Å². The third-order valence-corrected chi connectivity index (χ3v) is 11.2. The van der Waals surface area contributed by atoms with Gasteiger partial charge in [0.15, 0.2) is 0 Å². The van der Waals surface area contributed by atoms with Crippen LogP contribution in [0.15, 0.2) is 179 Å². The van der Waals surface area contributed by atoms with E-state index in [4.69, 9.17) is 8.83 Å². The average molecular weight is 727 g/mol. The van der Waals surface area contributed by atoms with E-state index in [-0.39, 0.29) is 0 Å². The van der Waals surface area contributed by atoms with Crippen molar-refractivity contribution in [1.82, 2.24) is 0 Å². The second-order valence-corrected chi connectivity index (χ2v) is 15.4. The molecule has 4 nitrogen and oxygen atoms in total. The van der Waals surface area contributed by atoms with Gasteiger partial charge in [-0.1, -0.05) is 88.4 Å². The minimum Gasteiger partial charge on any atom is -0.456 e. The van der Waals surface area contributed by atoms with Gasteiger partial charge in [0, 0.05) is 67.8 Å². The highest BCUT2D eigenvalue weighted by Crippen LogP contribution is 2.42. The van der Waals surface area contributed by atoms with Crippen molar-refractivity contribution in [1.29, 1.82) is 0 Å². The summed E-state index contributed by atoms with van der Waals surface area (Å²) in [4.78, 5) is 4.58. The first-order chi connectivity index (χ1) is 27.4. The zero-order valence-corrected chi connectivity index (χ0v) is 32.0. The molecule has 0 unspecified atom stereocenters. The Hall–Kier alpha value is -6.78. The van der Waals surface area contributed by atoms with Crippen molar-refractivity contribution in [2.24, 2.45) is 0 Å². The largest absolute Gasteiger partial charge is 0.456 e. The van der Waals surface area contributed by atoms with Crippen LogP contribution in [0.25, 0.3) is 54.6 Å². The molecule has 0 aliphatic carbocycles. The Bertz CT molecular complexity index is 2810. The van der Waals surface area contributed by atoms with Gasteiger partial charge in [0.2, 0.25) is 0 Å². The number of nitrogens with zero attached hydrogens (tertiary/aromatic N) is 2. The molecular formula is C52H42N2O2. The monoisotopic (exact) mass is 726 g/mol. The third kappa shape index (κ3) is 5.86. The van der Waals surface area contributed by atoms with Gasteiger partial charge in [0.25, 0.3) is 0 Å². The van der Waals surface area contributed by atoms with Crippen LogP contribution in [0.2, 0.25) is 0 Å². The molecule has 0 N–H and O–H groups in total. The molecule has 0 radical (unpaired) electrons. The van der Waals surface area contributed by atoms with Crippen LogP contribution in [0.5, 0.6) is 0 Å². The van der Waals surface area contributed by atoms with E-state index in [1.807, 2.05) is 0 Å². The second-order valence-electron chi connectivity index (χ2n) is 15.4. The van der Waals surface area contributed by atoms with Crippen LogP contribution in [0.1, 0.15) is 50.7 Å². The van der Waals surface area contributed by atoms with Crippen LogP contribution in [0.3, 0.4) is 0 Å². The van der Waals surface area contributed by atoms with Gasteiger partial charge < -0.3 is 18.6 Å². The molecule has 10 rings (SSSR count). The summed E-state index contributed by atoms with van der Waals surface area (Å²) in [6, 6.07) is 60.8. The first-order valence-electron chi connectivity index (χ1n) is 19.5. The van der Waals surface area contributed by atoms with E-state index in [0.717, 1.165) is 88.8 Å². The van der Waals surface area contributed by atoms with Crippen molar-refractivity contribution in [3.8, 4) is 0 Å². The molecule has 0 bridgehead atoms. The van der Waals surface area contributed by atoms with Gasteiger partial charge in [-0.2, -0.15) is 0 Å². The quantitative estimate of drug-likeness (QED) is 0.156. The fourth-order valence-corrected chi connectivity index (χ4v) is 8.11. The van der Waals surface area contributed by atoms with Crippen molar-refractivity contribution < 1.29 is 8.83 Å². The van der Waals surface area contributed by atoms with Gasteiger partial charge in [-0.05, 0) is 131 Å². The average Bonchev–Trinajstić information content (AvgIpc) is 3.76. The van der Waals surface area contributed by atoms with Crippen LogP contribution < -0.4 is 9.80 Å². The van der Waals surface area contributed by atoms with Gasteiger partial charge in [-0.25, -0.2) is 0 Å². The van der Waals surface area contributed by atoms with E-state index >= 15 is 0 Å². The van der Waals surface area contributed by atoms with Crippen LogP contribution in [0, 0.1) is 0 Å². The summed E-state index contributed by atoms with van der Waals surface area (Å²) in [7, 11) is 0. The fraction of sp³-hybridized carbons (Fsp3) is 0.115. The fourth-order valence-electron chi connectivity index (χ4n) is 8.11. The van der Waals surface area contributed by atoms with E-state index in [1.54, 1.807) is 0 Å². The second kappa shape index (κ2) is 13.5. The Morgan fingerprint density at radius 3 is 1.05 bits per heavy atom.